The third kappa shape index (κ3) is 4.95. The van der Waals surface area contributed by atoms with E-state index >= 15 is 0 Å². The molecule has 1 aliphatic rings. The highest BCUT2D eigenvalue weighted by molar-refractivity contribution is 7.22. The summed E-state index contributed by atoms with van der Waals surface area (Å²) in [5.74, 6) is 0.766. The van der Waals surface area contributed by atoms with Gasteiger partial charge >= 0.3 is 0 Å². The molecule has 1 fully saturated rings. The van der Waals surface area contributed by atoms with E-state index in [1.54, 1.807) is 25.3 Å². The van der Waals surface area contributed by atoms with Crippen molar-refractivity contribution >= 4 is 38.5 Å². The van der Waals surface area contributed by atoms with Crippen LogP contribution in [0.25, 0.3) is 10.2 Å². The second kappa shape index (κ2) is 9.32. The Kier molecular flexibility index (Phi) is 6.34. The number of rotatable bonds is 6. The molecule has 1 saturated heterocycles. The van der Waals surface area contributed by atoms with Crippen LogP contribution in [0.5, 0.6) is 11.5 Å². The highest BCUT2D eigenvalue weighted by Gasteiger charge is 2.21. The third-order valence-corrected chi connectivity index (χ3v) is 6.03. The zero-order chi connectivity index (χ0) is 21.8. The van der Waals surface area contributed by atoms with Crippen molar-refractivity contribution in [3.63, 3.8) is 0 Å². The number of nitrogens with one attached hydrogen (secondary N) is 1. The molecule has 8 nitrogen and oxygen atoms in total. The average molecular weight is 441 g/mol. The molecule has 0 atom stereocenters. The highest BCUT2D eigenvalue weighted by atomic mass is 32.1. The standard InChI is InChI=1S/C22H24N4O4S/c1-25-9-11-26(12-10-25)21(28)15-7-8-16-19(13-15)31-22(23-16)24-20(27)14-30-18-6-4-3-5-17(18)29-2/h3-8,13H,9-12,14H2,1-2H3,(H,23,24,27). The normalized spacial score (nSPS) is 14.5. The van der Waals surface area contributed by atoms with Gasteiger partial charge in [0, 0.05) is 31.7 Å². The molecule has 1 N–H and O–H groups in total. The van der Waals surface area contributed by atoms with E-state index in [1.165, 1.54) is 11.3 Å². The van der Waals surface area contributed by atoms with Crippen LogP contribution in [-0.2, 0) is 4.79 Å². The van der Waals surface area contributed by atoms with Crippen molar-refractivity contribution < 1.29 is 19.1 Å². The van der Waals surface area contributed by atoms with E-state index in [2.05, 4.69) is 22.2 Å². The Morgan fingerprint density at radius 2 is 1.84 bits per heavy atom. The summed E-state index contributed by atoms with van der Waals surface area (Å²) in [4.78, 5) is 33.6. The number of hydrogen-bond donors (Lipinski definition) is 1. The summed E-state index contributed by atoms with van der Waals surface area (Å²) in [5.41, 5.74) is 1.37. The predicted octanol–water partition coefficient (Wildman–Crippen LogP) is 2.71. The number of ether oxygens (including phenoxy) is 2. The van der Waals surface area contributed by atoms with Crippen LogP contribution < -0.4 is 14.8 Å². The number of aromatic nitrogens is 1. The molecule has 0 spiro atoms. The van der Waals surface area contributed by atoms with Crippen LogP contribution in [-0.4, -0.2) is 73.5 Å². The molecule has 2 aromatic carbocycles. The van der Waals surface area contributed by atoms with E-state index in [4.69, 9.17) is 9.47 Å². The monoisotopic (exact) mass is 440 g/mol. The fourth-order valence-corrected chi connectivity index (χ4v) is 4.26. The number of piperazine rings is 1. The van der Waals surface area contributed by atoms with Gasteiger partial charge in [0.25, 0.3) is 11.8 Å². The number of methoxy groups -OCH3 is 1. The molecule has 9 heteroatoms. The number of likely N-dealkylation sites (N-methyl/N-ethyl adjacent to an activating group) is 1. The summed E-state index contributed by atoms with van der Waals surface area (Å²) in [6.07, 6.45) is 0. The molecule has 162 valence electrons. The lowest BCUT2D eigenvalue weighted by Gasteiger charge is -2.32. The smallest absolute Gasteiger partial charge is 0.264 e. The Morgan fingerprint density at radius 3 is 2.58 bits per heavy atom. The van der Waals surface area contributed by atoms with Gasteiger partial charge < -0.3 is 19.3 Å². The number of hydrogen-bond acceptors (Lipinski definition) is 7. The van der Waals surface area contributed by atoms with Crippen molar-refractivity contribution in [2.45, 2.75) is 0 Å². The Labute approximate surface area is 184 Å². The van der Waals surface area contributed by atoms with Gasteiger partial charge in [-0.2, -0.15) is 0 Å². The first-order valence-electron chi connectivity index (χ1n) is 9.97. The van der Waals surface area contributed by atoms with Crippen LogP contribution in [0.15, 0.2) is 42.5 Å². The minimum atomic E-state index is -0.321. The second-order valence-corrected chi connectivity index (χ2v) is 8.32. The maximum absolute atomic E-state index is 12.8. The van der Waals surface area contributed by atoms with Gasteiger partial charge in [-0.15, -0.1) is 0 Å². The van der Waals surface area contributed by atoms with Crippen molar-refractivity contribution in [2.24, 2.45) is 0 Å². The minimum Gasteiger partial charge on any atom is -0.493 e. The van der Waals surface area contributed by atoms with E-state index in [-0.39, 0.29) is 18.4 Å². The van der Waals surface area contributed by atoms with Crippen LogP contribution in [0, 0.1) is 0 Å². The van der Waals surface area contributed by atoms with Gasteiger partial charge in [0.15, 0.2) is 23.2 Å². The number of benzene rings is 2. The molecule has 1 aromatic heterocycles. The summed E-state index contributed by atoms with van der Waals surface area (Å²) in [5, 5.41) is 3.22. The molecule has 0 bridgehead atoms. The first kappa shape index (κ1) is 21.1. The second-order valence-electron chi connectivity index (χ2n) is 7.28. The maximum Gasteiger partial charge on any atom is 0.264 e. The fourth-order valence-electron chi connectivity index (χ4n) is 3.34. The maximum atomic E-state index is 12.8. The molecule has 31 heavy (non-hydrogen) atoms. The van der Waals surface area contributed by atoms with Crippen molar-refractivity contribution in [1.82, 2.24) is 14.8 Å². The first-order valence-corrected chi connectivity index (χ1v) is 10.8. The van der Waals surface area contributed by atoms with E-state index in [9.17, 15) is 9.59 Å². The summed E-state index contributed by atoms with van der Waals surface area (Å²) in [6, 6.07) is 12.6. The molecule has 2 heterocycles. The molecule has 2 amide bonds. The molecule has 0 unspecified atom stereocenters. The van der Waals surface area contributed by atoms with Crippen LogP contribution in [0.2, 0.25) is 0 Å². The van der Waals surface area contributed by atoms with Crippen molar-refractivity contribution in [1.29, 1.82) is 0 Å². The van der Waals surface area contributed by atoms with Crippen LogP contribution >= 0.6 is 11.3 Å². The van der Waals surface area contributed by atoms with Gasteiger partial charge in [0.2, 0.25) is 0 Å². The topological polar surface area (TPSA) is 84.0 Å². The molecule has 1 aliphatic heterocycles. The molecule has 4 rings (SSSR count). The van der Waals surface area contributed by atoms with E-state index in [0.717, 1.165) is 36.4 Å². The number of thiazole rings is 1. The van der Waals surface area contributed by atoms with Crippen LogP contribution in [0.3, 0.4) is 0 Å². The Hall–Kier alpha value is -3.17. The number of carbonyl (C=O) groups excluding carboxylic acids is 2. The van der Waals surface area contributed by atoms with Crippen molar-refractivity contribution in [2.75, 3.05) is 52.3 Å². The van der Waals surface area contributed by atoms with E-state index in [0.29, 0.717) is 22.2 Å². The SMILES string of the molecule is COc1ccccc1OCC(=O)Nc1nc2ccc(C(=O)N3CCN(C)CC3)cc2s1. The van der Waals surface area contributed by atoms with Gasteiger partial charge in [-0.05, 0) is 37.4 Å². The zero-order valence-electron chi connectivity index (χ0n) is 17.5. The van der Waals surface area contributed by atoms with Gasteiger partial charge in [0.1, 0.15) is 0 Å². The van der Waals surface area contributed by atoms with Gasteiger partial charge in [0.05, 0.1) is 17.3 Å². The minimum absolute atomic E-state index is 0.0270. The number of para-hydroxylation sites is 2. The number of carbonyl (C=O) groups is 2. The van der Waals surface area contributed by atoms with Crippen molar-refractivity contribution in [3.05, 3.63) is 48.0 Å². The Morgan fingerprint density at radius 1 is 1.10 bits per heavy atom. The van der Waals surface area contributed by atoms with Gasteiger partial charge in [-0.1, -0.05) is 23.5 Å². The largest absolute Gasteiger partial charge is 0.493 e. The number of fused-ring (bicyclic) bond motifs is 1. The zero-order valence-corrected chi connectivity index (χ0v) is 18.3. The quantitative estimate of drug-likeness (QED) is 0.635. The molecule has 0 aliphatic carbocycles. The Balaban J connectivity index is 1.40. The number of anilines is 1. The summed E-state index contributed by atoms with van der Waals surface area (Å²) in [7, 11) is 3.61. The van der Waals surface area contributed by atoms with Crippen LogP contribution in [0.1, 0.15) is 10.4 Å². The number of amides is 2. The summed E-state index contributed by atoms with van der Waals surface area (Å²) >= 11 is 1.33. The molecular weight excluding hydrogens is 416 g/mol. The third-order valence-electron chi connectivity index (χ3n) is 5.10. The average Bonchev–Trinajstić information content (AvgIpc) is 3.19. The lowest BCUT2D eigenvalue weighted by molar-refractivity contribution is -0.118. The number of nitrogens with zero attached hydrogens (tertiary/aromatic N) is 3. The van der Waals surface area contributed by atoms with E-state index in [1.807, 2.05) is 29.2 Å². The van der Waals surface area contributed by atoms with Crippen LogP contribution in [0.4, 0.5) is 5.13 Å². The highest BCUT2D eigenvalue weighted by Crippen LogP contribution is 2.28. The molecule has 0 saturated carbocycles. The van der Waals surface area contributed by atoms with Gasteiger partial charge in [-0.25, -0.2) is 4.98 Å². The summed E-state index contributed by atoms with van der Waals surface area (Å²) < 4.78 is 11.6. The Bertz CT molecular complexity index is 1090. The van der Waals surface area contributed by atoms with E-state index < -0.39 is 0 Å². The molecule has 3 aromatic rings. The summed E-state index contributed by atoms with van der Waals surface area (Å²) in [6.45, 7) is 3.04. The van der Waals surface area contributed by atoms with Crippen molar-refractivity contribution in [3.8, 4) is 11.5 Å². The van der Waals surface area contributed by atoms with Gasteiger partial charge in [-0.3, -0.25) is 14.9 Å². The predicted molar refractivity (Wildman–Crippen MR) is 120 cm³/mol. The lowest BCUT2D eigenvalue weighted by atomic mass is 10.1. The molecular formula is C22H24N4O4S. The fraction of sp³-hybridized carbons (Fsp3) is 0.318. The lowest BCUT2D eigenvalue weighted by Crippen LogP contribution is -2.47. The first-order chi connectivity index (χ1) is 15.0. The molecule has 0 radical (unpaired) electrons.